The number of hydrogen-bond donors (Lipinski definition) is 1. The van der Waals surface area contributed by atoms with Crippen LogP contribution in [0.5, 0.6) is 0 Å². The summed E-state index contributed by atoms with van der Waals surface area (Å²) in [5.74, 6) is 1.02. The zero-order valence-corrected chi connectivity index (χ0v) is 17.9. The molecule has 1 saturated carbocycles. The first-order valence-electron chi connectivity index (χ1n) is 10.8. The summed E-state index contributed by atoms with van der Waals surface area (Å²) in [7, 11) is 4.10. The zero-order valence-electron chi connectivity index (χ0n) is 17.9. The molecule has 1 N–H and O–H groups in total. The summed E-state index contributed by atoms with van der Waals surface area (Å²) in [5, 5.41) is 8.02. The number of aromatic nitrogens is 5. The number of nitrogens with zero attached hydrogens (tertiary/aromatic N) is 6. The Labute approximate surface area is 172 Å². The van der Waals surface area contributed by atoms with Crippen LogP contribution in [0, 0.1) is 19.3 Å². The van der Waals surface area contributed by atoms with Gasteiger partial charge in [0.05, 0.1) is 11.9 Å². The van der Waals surface area contributed by atoms with E-state index in [1.165, 1.54) is 32.1 Å². The number of fused-ring (bicyclic) bond motifs is 1. The van der Waals surface area contributed by atoms with Gasteiger partial charge in [0.2, 0.25) is 5.95 Å². The van der Waals surface area contributed by atoms with Gasteiger partial charge in [-0.25, -0.2) is 9.97 Å². The first-order chi connectivity index (χ1) is 14.0. The third-order valence-corrected chi connectivity index (χ3v) is 7.51. The van der Waals surface area contributed by atoms with E-state index in [9.17, 15) is 0 Å². The van der Waals surface area contributed by atoms with Crippen LogP contribution in [0.25, 0.3) is 16.8 Å². The molecule has 0 radical (unpaired) electrons. The molecular formula is C22H31N7. The largest absolute Gasteiger partial charge is 0.342 e. The van der Waals surface area contributed by atoms with Crippen molar-refractivity contribution in [2.45, 2.75) is 52.0 Å². The Bertz CT molecular complexity index is 1040. The highest BCUT2D eigenvalue weighted by atomic mass is 15.3. The maximum atomic E-state index is 5.07. The van der Waals surface area contributed by atoms with E-state index in [0.717, 1.165) is 47.2 Å². The molecule has 1 spiro atoms. The van der Waals surface area contributed by atoms with Crippen molar-refractivity contribution in [1.29, 1.82) is 0 Å². The molecule has 1 aliphatic carbocycles. The van der Waals surface area contributed by atoms with Gasteiger partial charge in [-0.15, -0.1) is 0 Å². The fourth-order valence-corrected chi connectivity index (χ4v) is 5.69. The Kier molecular flexibility index (Phi) is 4.38. The minimum atomic E-state index is 0.473. The van der Waals surface area contributed by atoms with E-state index in [0.29, 0.717) is 11.5 Å². The van der Waals surface area contributed by atoms with E-state index in [4.69, 9.17) is 9.97 Å². The first-order valence-corrected chi connectivity index (χ1v) is 10.8. The molecule has 5 rings (SSSR count). The number of imidazole rings is 1. The Morgan fingerprint density at radius 1 is 1.17 bits per heavy atom. The third-order valence-electron chi connectivity index (χ3n) is 7.51. The van der Waals surface area contributed by atoms with E-state index in [1.54, 1.807) is 0 Å². The number of hydrogen-bond acceptors (Lipinski definition) is 5. The molecule has 0 amide bonds. The van der Waals surface area contributed by atoms with E-state index < -0.39 is 0 Å². The number of aryl methyl sites for hydroxylation is 2. The van der Waals surface area contributed by atoms with Gasteiger partial charge < -0.3 is 10.2 Å². The molecule has 7 heteroatoms. The summed E-state index contributed by atoms with van der Waals surface area (Å²) < 4.78 is 4.07. The molecule has 3 aromatic rings. The summed E-state index contributed by atoms with van der Waals surface area (Å²) in [6.45, 7) is 6.31. The zero-order chi connectivity index (χ0) is 20.2. The van der Waals surface area contributed by atoms with Gasteiger partial charge in [0.15, 0.2) is 0 Å². The predicted molar refractivity (Wildman–Crippen MR) is 115 cm³/mol. The Hall–Kier alpha value is -2.41. The number of anilines is 1. The Balaban J connectivity index is 1.51. The number of nitrogens with one attached hydrogen (secondary N) is 1. The second kappa shape index (κ2) is 6.83. The van der Waals surface area contributed by atoms with Gasteiger partial charge in [-0.3, -0.25) is 9.08 Å². The van der Waals surface area contributed by atoms with Crippen LogP contribution < -0.4 is 10.2 Å². The average Bonchev–Trinajstić information content (AvgIpc) is 3.43. The normalized spacial score (nSPS) is 21.5. The summed E-state index contributed by atoms with van der Waals surface area (Å²) in [5.41, 5.74) is 5.79. The lowest BCUT2D eigenvalue weighted by atomic mass is 9.74. The molecule has 2 fully saturated rings. The van der Waals surface area contributed by atoms with E-state index >= 15 is 0 Å². The van der Waals surface area contributed by atoms with E-state index in [-0.39, 0.29) is 0 Å². The van der Waals surface area contributed by atoms with Gasteiger partial charge in [-0.05, 0) is 52.0 Å². The monoisotopic (exact) mass is 393 g/mol. The lowest BCUT2D eigenvalue weighted by Gasteiger charge is -2.43. The van der Waals surface area contributed by atoms with Crippen LogP contribution in [0.4, 0.5) is 5.95 Å². The van der Waals surface area contributed by atoms with Crippen LogP contribution in [-0.2, 0) is 7.05 Å². The van der Waals surface area contributed by atoms with Crippen molar-refractivity contribution in [3.8, 4) is 11.1 Å². The third kappa shape index (κ3) is 2.78. The summed E-state index contributed by atoms with van der Waals surface area (Å²) in [6.07, 6.45) is 12.4. The Morgan fingerprint density at radius 2 is 1.97 bits per heavy atom. The van der Waals surface area contributed by atoms with Crippen molar-refractivity contribution >= 4 is 11.6 Å². The summed E-state index contributed by atoms with van der Waals surface area (Å²) >= 11 is 0. The number of rotatable bonds is 3. The van der Waals surface area contributed by atoms with Crippen molar-refractivity contribution in [1.82, 2.24) is 29.5 Å². The molecule has 154 valence electrons. The maximum absolute atomic E-state index is 5.07. The molecule has 1 atom stereocenters. The molecule has 1 saturated heterocycles. The van der Waals surface area contributed by atoms with Crippen LogP contribution >= 0.6 is 0 Å². The smallest absolute Gasteiger partial charge is 0.211 e. The van der Waals surface area contributed by atoms with E-state index in [2.05, 4.69) is 40.6 Å². The van der Waals surface area contributed by atoms with Crippen molar-refractivity contribution in [3.63, 3.8) is 0 Å². The van der Waals surface area contributed by atoms with Gasteiger partial charge in [0, 0.05) is 55.4 Å². The van der Waals surface area contributed by atoms with E-state index in [1.807, 2.05) is 30.3 Å². The highest BCUT2D eigenvalue weighted by molar-refractivity contribution is 5.81. The van der Waals surface area contributed by atoms with Crippen molar-refractivity contribution in [2.75, 3.05) is 25.0 Å². The average molecular weight is 394 g/mol. The topological polar surface area (TPSA) is 63.3 Å². The molecule has 29 heavy (non-hydrogen) atoms. The molecule has 0 aromatic carbocycles. The molecule has 3 aromatic heterocycles. The molecule has 1 aliphatic heterocycles. The lowest BCUT2D eigenvalue weighted by molar-refractivity contribution is 0.177. The predicted octanol–water partition coefficient (Wildman–Crippen LogP) is 3.11. The molecule has 4 heterocycles. The maximum Gasteiger partial charge on any atom is 0.211 e. The van der Waals surface area contributed by atoms with Gasteiger partial charge >= 0.3 is 0 Å². The standard InChI is InChI=1S/C22H31N7/c1-15-19(17-14-25-27(4)16(17)2)20-24-10-13-29(20)21(26-15)28-11-8-22(9-12-28)7-5-6-18(22)23-3/h10,13-14,18,23H,5-9,11-12H2,1-4H3/t18-/m1/s1. The molecular weight excluding hydrogens is 362 g/mol. The van der Waals surface area contributed by atoms with Gasteiger partial charge in [-0.2, -0.15) is 5.10 Å². The van der Waals surface area contributed by atoms with Crippen molar-refractivity contribution in [3.05, 3.63) is 30.0 Å². The van der Waals surface area contributed by atoms with Crippen molar-refractivity contribution < 1.29 is 0 Å². The SMILES string of the molecule is CN[C@@H]1CCCC12CCN(c1nc(C)c(-c3cnn(C)c3C)c3nccn13)CC2. The fourth-order valence-electron chi connectivity index (χ4n) is 5.69. The highest BCUT2D eigenvalue weighted by Gasteiger charge is 2.44. The van der Waals surface area contributed by atoms with Crippen LogP contribution in [-0.4, -0.2) is 50.3 Å². The van der Waals surface area contributed by atoms with Crippen molar-refractivity contribution in [2.24, 2.45) is 12.5 Å². The Morgan fingerprint density at radius 3 is 2.66 bits per heavy atom. The lowest BCUT2D eigenvalue weighted by Crippen LogP contribution is -2.48. The van der Waals surface area contributed by atoms with Gasteiger partial charge in [-0.1, -0.05) is 6.42 Å². The van der Waals surface area contributed by atoms with Crippen LogP contribution in [0.1, 0.15) is 43.5 Å². The minimum Gasteiger partial charge on any atom is -0.342 e. The second-order valence-electron chi connectivity index (χ2n) is 8.84. The van der Waals surface area contributed by atoms with Crippen LogP contribution in [0.15, 0.2) is 18.6 Å². The molecule has 2 aliphatic rings. The first kappa shape index (κ1) is 18.6. The number of piperidine rings is 1. The summed E-state index contributed by atoms with van der Waals surface area (Å²) in [6, 6.07) is 0.670. The quantitative estimate of drug-likeness (QED) is 0.741. The van der Waals surface area contributed by atoms with Gasteiger partial charge in [0.1, 0.15) is 5.65 Å². The van der Waals surface area contributed by atoms with Crippen LogP contribution in [0.3, 0.4) is 0 Å². The minimum absolute atomic E-state index is 0.473. The molecule has 0 unspecified atom stereocenters. The highest BCUT2D eigenvalue weighted by Crippen LogP contribution is 2.47. The summed E-state index contributed by atoms with van der Waals surface area (Å²) in [4.78, 5) is 12.2. The van der Waals surface area contributed by atoms with Gasteiger partial charge in [0.25, 0.3) is 0 Å². The molecule has 7 nitrogen and oxygen atoms in total. The molecule has 0 bridgehead atoms. The fraction of sp³-hybridized carbons (Fsp3) is 0.591. The van der Waals surface area contributed by atoms with Crippen LogP contribution in [0.2, 0.25) is 0 Å². The second-order valence-corrected chi connectivity index (χ2v) is 8.84.